The van der Waals surface area contributed by atoms with Crippen LogP contribution in [0, 0.1) is 51.8 Å². The molecule has 2 bridgehead atoms. The molecule has 0 unspecified atom stereocenters. The summed E-state index contributed by atoms with van der Waals surface area (Å²) in [5.74, 6) is 0.180. The standard InChI is InChI=1S/C27H35ClO4/c1-14(2)16-13-27-10-7-19-25(3,8-6-9-26(19,4)24(31)32-5)20(27)11-15(16)21-18(29)12-17(28)23(30)22(21)27/h12-15,19-22H,6-11H2,1-5H3/t15-,19+,20-,21-,22+,25-,26+,27+/m0/s1. The van der Waals surface area contributed by atoms with Gasteiger partial charge in [-0.3, -0.25) is 14.4 Å². The molecular formula is C27H35ClO4. The van der Waals surface area contributed by atoms with E-state index in [0.717, 1.165) is 38.5 Å². The Balaban J connectivity index is 1.67. The third-order valence-electron chi connectivity index (χ3n) is 10.4. The minimum absolute atomic E-state index is 0.0315. The quantitative estimate of drug-likeness (QED) is 0.405. The maximum absolute atomic E-state index is 13.5. The highest BCUT2D eigenvalue weighted by Gasteiger charge is 2.71. The van der Waals surface area contributed by atoms with Crippen molar-refractivity contribution in [2.75, 3.05) is 7.11 Å². The lowest BCUT2D eigenvalue weighted by molar-refractivity contribution is -0.199. The van der Waals surface area contributed by atoms with E-state index in [2.05, 4.69) is 33.8 Å². The number of halogens is 1. The van der Waals surface area contributed by atoms with Crippen LogP contribution in [0.3, 0.4) is 0 Å². The Bertz CT molecular complexity index is 963. The molecule has 174 valence electrons. The van der Waals surface area contributed by atoms with Crippen LogP contribution in [0.1, 0.15) is 66.2 Å². The van der Waals surface area contributed by atoms with Crippen LogP contribution in [-0.2, 0) is 19.1 Å². The van der Waals surface area contributed by atoms with Gasteiger partial charge in [-0.15, -0.1) is 0 Å². The van der Waals surface area contributed by atoms with Crippen molar-refractivity contribution in [1.29, 1.82) is 0 Å². The Labute approximate surface area is 196 Å². The number of hydrogen-bond donors (Lipinski definition) is 0. The Morgan fingerprint density at radius 3 is 2.53 bits per heavy atom. The predicted molar refractivity (Wildman–Crippen MR) is 123 cm³/mol. The van der Waals surface area contributed by atoms with Gasteiger partial charge in [-0.2, -0.15) is 0 Å². The maximum Gasteiger partial charge on any atom is 0.311 e. The summed E-state index contributed by atoms with van der Waals surface area (Å²) in [7, 11) is 1.50. The van der Waals surface area contributed by atoms with Gasteiger partial charge in [-0.1, -0.05) is 50.4 Å². The molecule has 0 heterocycles. The zero-order valence-corrected chi connectivity index (χ0v) is 20.6. The van der Waals surface area contributed by atoms with E-state index in [1.807, 2.05) is 0 Å². The van der Waals surface area contributed by atoms with Gasteiger partial charge in [0.15, 0.2) is 11.6 Å². The number of Topliss-reactive ketones (excluding diaryl/α,β-unsaturated/α-hetero) is 1. The lowest BCUT2D eigenvalue weighted by Crippen LogP contribution is -2.67. The monoisotopic (exact) mass is 458 g/mol. The average molecular weight is 459 g/mol. The highest BCUT2D eigenvalue weighted by Crippen LogP contribution is 2.74. The third kappa shape index (κ3) is 2.59. The normalized spacial score (nSPS) is 47.3. The Hall–Kier alpha value is -1.42. The summed E-state index contributed by atoms with van der Waals surface area (Å²) >= 11 is 6.33. The summed E-state index contributed by atoms with van der Waals surface area (Å²) in [4.78, 5) is 39.7. The van der Waals surface area contributed by atoms with Crippen LogP contribution in [0.15, 0.2) is 22.8 Å². The van der Waals surface area contributed by atoms with E-state index in [1.165, 1.54) is 18.8 Å². The van der Waals surface area contributed by atoms with Crippen LogP contribution >= 0.6 is 11.6 Å². The number of allylic oxidation sites excluding steroid dienone is 4. The molecule has 5 heteroatoms. The molecule has 0 radical (unpaired) electrons. The van der Waals surface area contributed by atoms with E-state index < -0.39 is 5.41 Å². The van der Waals surface area contributed by atoms with Crippen LogP contribution in [0.2, 0.25) is 0 Å². The van der Waals surface area contributed by atoms with E-state index in [0.29, 0.717) is 5.92 Å². The summed E-state index contributed by atoms with van der Waals surface area (Å²) in [6, 6.07) is 0. The number of esters is 1. The number of fused-ring (bicyclic) bond motifs is 1. The first-order valence-corrected chi connectivity index (χ1v) is 12.7. The number of ketones is 2. The van der Waals surface area contributed by atoms with Crippen LogP contribution in [0.25, 0.3) is 0 Å². The van der Waals surface area contributed by atoms with Crippen molar-refractivity contribution in [1.82, 2.24) is 0 Å². The smallest absolute Gasteiger partial charge is 0.311 e. The summed E-state index contributed by atoms with van der Waals surface area (Å²) < 4.78 is 5.29. The average Bonchev–Trinajstić information content (AvgIpc) is 2.75. The van der Waals surface area contributed by atoms with E-state index >= 15 is 0 Å². The number of ether oxygens (including phenoxy) is 1. The number of methoxy groups -OCH3 is 1. The zero-order valence-electron chi connectivity index (χ0n) is 19.9. The van der Waals surface area contributed by atoms with Gasteiger partial charge < -0.3 is 4.74 Å². The molecule has 6 aliphatic rings. The first kappa shape index (κ1) is 22.4. The van der Waals surface area contributed by atoms with Crippen LogP contribution in [0.4, 0.5) is 0 Å². The molecule has 0 aromatic heterocycles. The van der Waals surface area contributed by atoms with Gasteiger partial charge >= 0.3 is 5.97 Å². The Morgan fingerprint density at radius 1 is 1.16 bits per heavy atom. The SMILES string of the molecule is COC(=O)[C@]1(C)CCC[C@@]2(C)[C@H]1CC[C@@]13C=C(C(C)C)[C@H](C[C@@H]21)[C@H]1C(=O)C=C(Cl)C(=O)[C@@H]13. The van der Waals surface area contributed by atoms with Gasteiger partial charge in [0.05, 0.1) is 17.6 Å². The van der Waals surface area contributed by atoms with Crippen molar-refractivity contribution in [3.63, 3.8) is 0 Å². The van der Waals surface area contributed by atoms with E-state index in [-0.39, 0.29) is 63.0 Å². The second-order valence-corrected chi connectivity index (χ2v) is 12.3. The van der Waals surface area contributed by atoms with Crippen molar-refractivity contribution in [3.05, 3.63) is 22.8 Å². The van der Waals surface area contributed by atoms with Gasteiger partial charge in [0.2, 0.25) is 0 Å². The molecule has 32 heavy (non-hydrogen) atoms. The summed E-state index contributed by atoms with van der Waals surface area (Å²) in [6.45, 7) is 8.85. The van der Waals surface area contributed by atoms with Crippen LogP contribution in [-0.4, -0.2) is 24.6 Å². The van der Waals surface area contributed by atoms with E-state index in [1.54, 1.807) is 0 Å². The number of carbonyl (C=O) groups is 3. The molecule has 6 aliphatic carbocycles. The molecule has 0 aromatic carbocycles. The van der Waals surface area contributed by atoms with Crippen LogP contribution in [0.5, 0.6) is 0 Å². The van der Waals surface area contributed by atoms with E-state index in [9.17, 15) is 14.4 Å². The van der Waals surface area contributed by atoms with Crippen molar-refractivity contribution >= 4 is 29.1 Å². The second-order valence-electron chi connectivity index (χ2n) is 11.9. The number of hydrogen-bond acceptors (Lipinski definition) is 4. The minimum Gasteiger partial charge on any atom is -0.469 e. The predicted octanol–water partition coefficient (Wildman–Crippen LogP) is 5.49. The summed E-state index contributed by atoms with van der Waals surface area (Å²) in [6.07, 6.45) is 9.33. The van der Waals surface area contributed by atoms with Gasteiger partial charge in [0, 0.05) is 23.3 Å². The second kappa shape index (κ2) is 7.04. The first-order chi connectivity index (χ1) is 15.0. The van der Waals surface area contributed by atoms with Gasteiger partial charge in [-0.25, -0.2) is 0 Å². The largest absolute Gasteiger partial charge is 0.469 e. The molecule has 3 fully saturated rings. The lowest BCUT2D eigenvalue weighted by atomic mass is 9.33. The molecule has 0 amide bonds. The van der Waals surface area contributed by atoms with Crippen molar-refractivity contribution in [3.8, 4) is 0 Å². The summed E-state index contributed by atoms with van der Waals surface area (Å²) in [5, 5.41) is 0.103. The molecular weight excluding hydrogens is 424 g/mol. The molecule has 1 spiro atoms. The number of rotatable bonds is 2. The molecule has 0 aromatic rings. The molecule has 3 saturated carbocycles. The van der Waals surface area contributed by atoms with Crippen molar-refractivity contribution in [2.45, 2.75) is 66.2 Å². The maximum atomic E-state index is 13.5. The fraction of sp³-hybridized carbons (Fsp3) is 0.741. The van der Waals surface area contributed by atoms with Gasteiger partial charge in [0.25, 0.3) is 0 Å². The Morgan fingerprint density at radius 2 is 1.88 bits per heavy atom. The van der Waals surface area contributed by atoms with Crippen molar-refractivity contribution < 1.29 is 19.1 Å². The van der Waals surface area contributed by atoms with Crippen LogP contribution < -0.4 is 0 Å². The Kier molecular flexibility index (Phi) is 4.92. The highest BCUT2D eigenvalue weighted by atomic mass is 35.5. The minimum atomic E-state index is -0.492. The molecule has 0 N–H and O–H groups in total. The molecule has 0 aliphatic heterocycles. The lowest BCUT2D eigenvalue weighted by Gasteiger charge is -2.69. The highest BCUT2D eigenvalue weighted by molar-refractivity contribution is 6.45. The molecule has 0 saturated heterocycles. The summed E-state index contributed by atoms with van der Waals surface area (Å²) in [5.41, 5.74) is 0.440. The molecule has 4 nitrogen and oxygen atoms in total. The zero-order chi connectivity index (χ0) is 23.2. The molecule has 6 rings (SSSR count). The van der Waals surface area contributed by atoms with Gasteiger partial charge in [0.1, 0.15) is 0 Å². The van der Waals surface area contributed by atoms with Gasteiger partial charge in [-0.05, 0) is 68.1 Å². The topological polar surface area (TPSA) is 60.4 Å². The molecule has 8 atom stereocenters. The first-order valence-electron chi connectivity index (χ1n) is 12.3. The van der Waals surface area contributed by atoms with E-state index in [4.69, 9.17) is 16.3 Å². The third-order valence-corrected chi connectivity index (χ3v) is 10.7. The fourth-order valence-electron chi connectivity index (χ4n) is 9.29. The van der Waals surface area contributed by atoms with Crippen molar-refractivity contribution in [2.24, 2.45) is 51.8 Å². The number of carbonyl (C=O) groups excluding carboxylic acids is 3. The fourth-order valence-corrected chi connectivity index (χ4v) is 9.52.